The molecule has 3 nitrogen and oxygen atoms in total. The highest BCUT2D eigenvalue weighted by Gasteiger charge is 2.10. The summed E-state index contributed by atoms with van der Waals surface area (Å²) >= 11 is 0. The molecule has 0 aromatic heterocycles. The topological polar surface area (TPSA) is 64.1 Å². The van der Waals surface area contributed by atoms with Crippen LogP contribution in [0.3, 0.4) is 0 Å². The highest BCUT2D eigenvalue weighted by Crippen LogP contribution is 2.21. The second-order valence-electron chi connectivity index (χ2n) is 2.98. The van der Waals surface area contributed by atoms with Crippen LogP contribution in [0.1, 0.15) is 24.9 Å². The molecular weight excluding hydrogens is 174 g/mol. The van der Waals surface area contributed by atoms with Crippen LogP contribution >= 0.6 is 0 Å². The first-order valence-electron chi connectivity index (χ1n) is 4.49. The Morgan fingerprint density at radius 1 is 1.43 bits per heavy atom. The minimum atomic E-state index is 0.00338. The lowest BCUT2D eigenvalue weighted by atomic mass is 10.0. The SMILES string of the molecule is CC#CCC(NN)c1ccccc1N. The molecule has 0 amide bonds. The van der Waals surface area contributed by atoms with Gasteiger partial charge in [0.15, 0.2) is 0 Å². The van der Waals surface area contributed by atoms with Gasteiger partial charge in [-0.3, -0.25) is 11.3 Å². The summed E-state index contributed by atoms with van der Waals surface area (Å²) in [4.78, 5) is 0. The first kappa shape index (κ1) is 10.6. The lowest BCUT2D eigenvalue weighted by molar-refractivity contribution is 0.569. The average Bonchev–Trinajstić information content (AvgIpc) is 2.21. The van der Waals surface area contributed by atoms with Gasteiger partial charge in [0.2, 0.25) is 0 Å². The lowest BCUT2D eigenvalue weighted by Gasteiger charge is -2.15. The molecule has 0 heterocycles. The van der Waals surface area contributed by atoms with Crippen LogP contribution in [-0.2, 0) is 0 Å². The van der Waals surface area contributed by atoms with Gasteiger partial charge in [-0.05, 0) is 18.6 Å². The van der Waals surface area contributed by atoms with E-state index in [2.05, 4.69) is 17.3 Å². The number of benzene rings is 1. The summed E-state index contributed by atoms with van der Waals surface area (Å²) in [5.41, 5.74) is 10.3. The molecule has 5 N–H and O–H groups in total. The summed E-state index contributed by atoms with van der Waals surface area (Å²) < 4.78 is 0. The minimum absolute atomic E-state index is 0.00338. The maximum atomic E-state index is 5.83. The molecule has 0 spiro atoms. The third-order valence-corrected chi connectivity index (χ3v) is 2.06. The van der Waals surface area contributed by atoms with Crippen LogP contribution in [0.2, 0.25) is 0 Å². The molecule has 0 bridgehead atoms. The van der Waals surface area contributed by atoms with Crippen molar-refractivity contribution in [3.63, 3.8) is 0 Å². The number of nitrogens with one attached hydrogen (secondary N) is 1. The quantitative estimate of drug-likeness (QED) is 0.289. The molecule has 0 aliphatic heterocycles. The van der Waals surface area contributed by atoms with Crippen LogP contribution in [0.4, 0.5) is 5.69 Å². The molecule has 1 atom stereocenters. The Balaban J connectivity index is 2.87. The predicted molar refractivity (Wildman–Crippen MR) is 59.0 cm³/mol. The highest BCUT2D eigenvalue weighted by molar-refractivity contribution is 5.48. The molecule has 3 heteroatoms. The van der Waals surface area contributed by atoms with Crippen molar-refractivity contribution < 1.29 is 0 Å². The van der Waals surface area contributed by atoms with Crippen LogP contribution in [0.5, 0.6) is 0 Å². The Kier molecular flexibility index (Phi) is 3.99. The standard InChI is InChI=1S/C11H15N3/c1-2-3-8-11(14-13)9-6-4-5-7-10(9)12/h4-7,11,14H,8,12-13H2,1H3. The second kappa shape index (κ2) is 5.28. The zero-order chi connectivity index (χ0) is 10.4. The largest absolute Gasteiger partial charge is 0.398 e. The van der Waals surface area contributed by atoms with Crippen molar-refractivity contribution in [2.24, 2.45) is 5.84 Å². The average molecular weight is 189 g/mol. The van der Waals surface area contributed by atoms with Gasteiger partial charge in [-0.2, -0.15) is 0 Å². The van der Waals surface area contributed by atoms with Crippen molar-refractivity contribution in [1.29, 1.82) is 0 Å². The summed E-state index contributed by atoms with van der Waals surface area (Å²) in [7, 11) is 0. The number of para-hydroxylation sites is 1. The van der Waals surface area contributed by atoms with Crippen molar-refractivity contribution >= 4 is 5.69 Å². The van der Waals surface area contributed by atoms with Crippen molar-refractivity contribution in [1.82, 2.24) is 5.43 Å². The maximum absolute atomic E-state index is 5.83. The number of nitrogens with two attached hydrogens (primary N) is 2. The Morgan fingerprint density at radius 2 is 2.14 bits per heavy atom. The van der Waals surface area contributed by atoms with Crippen LogP contribution in [0.15, 0.2) is 24.3 Å². The van der Waals surface area contributed by atoms with E-state index in [-0.39, 0.29) is 6.04 Å². The van der Waals surface area contributed by atoms with Crippen molar-refractivity contribution in [2.45, 2.75) is 19.4 Å². The Hall–Kier alpha value is -1.50. The van der Waals surface area contributed by atoms with Gasteiger partial charge in [0.25, 0.3) is 0 Å². The Morgan fingerprint density at radius 3 is 2.71 bits per heavy atom. The van der Waals surface area contributed by atoms with Crippen LogP contribution in [-0.4, -0.2) is 0 Å². The molecule has 0 saturated heterocycles. The van der Waals surface area contributed by atoms with Gasteiger partial charge in [0.05, 0.1) is 6.04 Å². The smallest absolute Gasteiger partial charge is 0.0589 e. The number of anilines is 1. The van der Waals surface area contributed by atoms with E-state index in [4.69, 9.17) is 11.6 Å². The first-order chi connectivity index (χ1) is 6.79. The molecule has 0 saturated carbocycles. The van der Waals surface area contributed by atoms with Crippen molar-refractivity contribution in [3.8, 4) is 11.8 Å². The summed E-state index contributed by atoms with van der Waals surface area (Å²) in [5, 5.41) is 0. The molecule has 1 aromatic carbocycles. The van der Waals surface area contributed by atoms with Crippen LogP contribution in [0, 0.1) is 11.8 Å². The van der Waals surface area contributed by atoms with Gasteiger partial charge in [-0.25, -0.2) is 0 Å². The third-order valence-electron chi connectivity index (χ3n) is 2.06. The van der Waals surface area contributed by atoms with Crippen LogP contribution in [0.25, 0.3) is 0 Å². The summed E-state index contributed by atoms with van der Waals surface area (Å²) in [6.07, 6.45) is 0.668. The molecule has 0 aliphatic carbocycles. The van der Waals surface area contributed by atoms with E-state index in [1.54, 1.807) is 0 Å². The van der Waals surface area contributed by atoms with Crippen molar-refractivity contribution in [2.75, 3.05) is 5.73 Å². The number of rotatable bonds is 3. The van der Waals surface area contributed by atoms with Crippen LogP contribution < -0.4 is 17.0 Å². The maximum Gasteiger partial charge on any atom is 0.0589 e. The normalized spacial score (nSPS) is 11.6. The van der Waals surface area contributed by atoms with Gasteiger partial charge in [0.1, 0.15) is 0 Å². The van der Waals surface area contributed by atoms with Gasteiger partial charge >= 0.3 is 0 Å². The first-order valence-corrected chi connectivity index (χ1v) is 4.49. The zero-order valence-electron chi connectivity index (χ0n) is 8.25. The predicted octanol–water partition coefficient (Wildman–Crippen LogP) is 1.19. The molecule has 14 heavy (non-hydrogen) atoms. The zero-order valence-corrected chi connectivity index (χ0v) is 8.25. The number of hydrogen-bond acceptors (Lipinski definition) is 3. The molecule has 1 rings (SSSR count). The van der Waals surface area contributed by atoms with E-state index < -0.39 is 0 Å². The molecule has 0 fully saturated rings. The second-order valence-corrected chi connectivity index (χ2v) is 2.98. The Labute approximate surface area is 84.5 Å². The summed E-state index contributed by atoms with van der Waals surface area (Å²) in [6.45, 7) is 1.81. The van der Waals surface area contributed by atoms with Gasteiger partial charge in [-0.1, -0.05) is 18.2 Å². The molecule has 1 aromatic rings. The highest BCUT2D eigenvalue weighted by atomic mass is 15.2. The molecule has 74 valence electrons. The molecule has 0 radical (unpaired) electrons. The third kappa shape index (κ3) is 2.49. The van der Waals surface area contributed by atoms with E-state index >= 15 is 0 Å². The lowest BCUT2D eigenvalue weighted by Crippen LogP contribution is -2.28. The van der Waals surface area contributed by atoms with E-state index in [1.165, 1.54) is 0 Å². The molecule has 0 aliphatic rings. The van der Waals surface area contributed by atoms with E-state index in [0.717, 1.165) is 11.3 Å². The van der Waals surface area contributed by atoms with Gasteiger partial charge in [0, 0.05) is 12.1 Å². The van der Waals surface area contributed by atoms with Gasteiger partial charge < -0.3 is 5.73 Å². The number of hydrogen-bond donors (Lipinski definition) is 3. The fraction of sp³-hybridized carbons (Fsp3) is 0.273. The van der Waals surface area contributed by atoms with E-state index in [9.17, 15) is 0 Å². The summed E-state index contributed by atoms with van der Waals surface area (Å²) in [6, 6.07) is 7.66. The minimum Gasteiger partial charge on any atom is -0.398 e. The van der Waals surface area contributed by atoms with E-state index in [1.807, 2.05) is 31.2 Å². The molecule has 1 unspecified atom stereocenters. The fourth-order valence-corrected chi connectivity index (χ4v) is 1.29. The van der Waals surface area contributed by atoms with E-state index in [0.29, 0.717) is 6.42 Å². The Bertz CT molecular complexity index is 349. The van der Waals surface area contributed by atoms with Gasteiger partial charge in [-0.15, -0.1) is 11.8 Å². The number of hydrazine groups is 1. The number of nitrogen functional groups attached to an aromatic ring is 1. The molecular formula is C11H15N3. The monoisotopic (exact) mass is 189 g/mol. The van der Waals surface area contributed by atoms with Crippen molar-refractivity contribution in [3.05, 3.63) is 29.8 Å². The fourth-order valence-electron chi connectivity index (χ4n) is 1.29. The summed E-state index contributed by atoms with van der Waals surface area (Å²) in [5.74, 6) is 11.3.